The van der Waals surface area contributed by atoms with E-state index in [0.29, 0.717) is 46.8 Å². The third-order valence-electron chi connectivity index (χ3n) is 6.24. The van der Waals surface area contributed by atoms with Crippen molar-refractivity contribution in [3.8, 4) is 34.1 Å². The Kier molecular flexibility index (Phi) is 9.03. The molecule has 0 N–H and O–H groups in total. The summed E-state index contributed by atoms with van der Waals surface area (Å²) >= 11 is 0. The van der Waals surface area contributed by atoms with Crippen LogP contribution in [0.5, 0.6) is 11.5 Å². The summed E-state index contributed by atoms with van der Waals surface area (Å²) in [5.41, 5.74) is 0.815. The molecular formula is C29H28F5N3O3. The van der Waals surface area contributed by atoms with Gasteiger partial charge >= 0.3 is 6.18 Å². The highest BCUT2D eigenvalue weighted by atomic mass is 19.4. The van der Waals surface area contributed by atoms with Gasteiger partial charge in [0.15, 0.2) is 0 Å². The quantitative estimate of drug-likeness (QED) is 0.197. The molecule has 4 rings (SSSR count). The van der Waals surface area contributed by atoms with Crippen molar-refractivity contribution in [2.24, 2.45) is 0 Å². The van der Waals surface area contributed by atoms with E-state index in [4.69, 9.17) is 19.2 Å². The second-order valence-corrected chi connectivity index (χ2v) is 8.92. The first-order valence-electron chi connectivity index (χ1n) is 12.6. The monoisotopic (exact) mass is 561 g/mol. The molecule has 40 heavy (non-hydrogen) atoms. The lowest BCUT2D eigenvalue weighted by molar-refractivity contribution is -0.0883. The minimum absolute atomic E-state index is 0.121. The Labute approximate surface area is 228 Å². The molecule has 0 aliphatic heterocycles. The normalized spacial score (nSPS) is 18.9. The molecule has 1 aromatic carbocycles. The van der Waals surface area contributed by atoms with Crippen LogP contribution in [0.25, 0.3) is 22.6 Å². The minimum Gasteiger partial charge on any atom is -0.496 e. The predicted molar refractivity (Wildman–Crippen MR) is 140 cm³/mol. The second kappa shape index (κ2) is 12.5. The van der Waals surface area contributed by atoms with E-state index in [1.807, 2.05) is 13.8 Å². The Morgan fingerprint density at radius 1 is 1.12 bits per heavy atom. The molecule has 212 valence electrons. The van der Waals surface area contributed by atoms with Gasteiger partial charge in [0.2, 0.25) is 5.95 Å². The first-order valence-corrected chi connectivity index (χ1v) is 12.6. The number of imidazole rings is 1. The number of nitrogens with zero attached hydrogens (tertiary/aromatic N) is 3. The molecule has 6 nitrogen and oxygen atoms in total. The fraction of sp³-hybridized carbons (Fsp3) is 0.310. The van der Waals surface area contributed by atoms with Gasteiger partial charge in [0.1, 0.15) is 36.0 Å². The van der Waals surface area contributed by atoms with E-state index in [1.54, 1.807) is 35.0 Å². The smallest absolute Gasteiger partial charge is 0.416 e. The highest BCUT2D eigenvalue weighted by Crippen LogP contribution is 2.36. The number of alkyl halides is 3. The van der Waals surface area contributed by atoms with Crippen LogP contribution in [0.2, 0.25) is 0 Å². The van der Waals surface area contributed by atoms with E-state index < -0.39 is 23.5 Å². The molecule has 1 atom stereocenters. The van der Waals surface area contributed by atoms with Gasteiger partial charge in [-0.25, -0.2) is 14.4 Å². The number of ether oxygens (including phenoxy) is 3. The molecule has 0 saturated heterocycles. The van der Waals surface area contributed by atoms with Crippen LogP contribution in [0, 0.1) is 5.95 Å². The largest absolute Gasteiger partial charge is 0.496 e. The van der Waals surface area contributed by atoms with E-state index in [9.17, 15) is 22.0 Å². The van der Waals surface area contributed by atoms with Crippen LogP contribution in [-0.2, 0) is 4.74 Å². The Morgan fingerprint density at radius 3 is 2.60 bits per heavy atom. The summed E-state index contributed by atoms with van der Waals surface area (Å²) in [7, 11) is 1.47. The molecule has 0 radical (unpaired) electrons. The lowest BCUT2D eigenvalue weighted by Crippen LogP contribution is -2.12. The maximum Gasteiger partial charge on any atom is 0.416 e. The number of allylic oxidation sites excluding steroid dienone is 5. The van der Waals surface area contributed by atoms with Crippen molar-refractivity contribution in [3.05, 3.63) is 83.9 Å². The van der Waals surface area contributed by atoms with Crippen LogP contribution in [0.15, 0.2) is 77.9 Å². The van der Waals surface area contributed by atoms with Crippen molar-refractivity contribution in [2.75, 3.05) is 20.3 Å². The summed E-state index contributed by atoms with van der Waals surface area (Å²) in [5.74, 6) is -0.316. The molecular weight excluding hydrogens is 533 g/mol. The van der Waals surface area contributed by atoms with Crippen LogP contribution >= 0.6 is 0 Å². The fourth-order valence-corrected chi connectivity index (χ4v) is 4.18. The molecule has 0 amide bonds. The topological polar surface area (TPSA) is 58.4 Å². The number of halogens is 5. The van der Waals surface area contributed by atoms with Crippen molar-refractivity contribution in [1.29, 1.82) is 0 Å². The Bertz CT molecular complexity index is 1430. The third kappa shape index (κ3) is 6.77. The average molecular weight is 562 g/mol. The standard InChI is InChI=1S/C29H28F5N3O3/c1-4-39-18(2)37-16-25(36-28(37)19-9-12-27(31)35-15-19)23-11-10-22(14-26(23)38-3)40-17-20-7-5-6-8-21(13-24(20)30)29(32,33)34/h6,8-16,18H,4-5,7,17H2,1-3H3/b8-6-,21-13+,24-20-. The number of aromatic nitrogens is 3. The number of benzene rings is 1. The molecule has 0 spiro atoms. The molecule has 0 saturated carbocycles. The number of pyridine rings is 1. The highest BCUT2D eigenvalue weighted by Gasteiger charge is 2.32. The van der Waals surface area contributed by atoms with Crippen molar-refractivity contribution in [2.45, 2.75) is 39.1 Å². The molecule has 3 aromatic rings. The SMILES string of the molecule is CCOC(C)n1cc(-c2ccc(OC/C3=C(F)/C=C(C(F)(F)F)\C=C/CC3)cc2OC)nc1-c1ccc(F)nc1. The van der Waals surface area contributed by atoms with Crippen molar-refractivity contribution in [1.82, 2.24) is 14.5 Å². The molecule has 1 aliphatic carbocycles. The van der Waals surface area contributed by atoms with Crippen molar-refractivity contribution < 1.29 is 36.2 Å². The van der Waals surface area contributed by atoms with E-state index in [2.05, 4.69) is 4.98 Å². The van der Waals surface area contributed by atoms with Crippen molar-refractivity contribution >= 4 is 0 Å². The van der Waals surface area contributed by atoms with Gasteiger partial charge in [0.25, 0.3) is 0 Å². The minimum atomic E-state index is -4.65. The number of hydrogen-bond acceptors (Lipinski definition) is 5. The van der Waals surface area contributed by atoms with Gasteiger partial charge in [-0.2, -0.15) is 17.6 Å². The second-order valence-electron chi connectivity index (χ2n) is 8.92. The van der Waals surface area contributed by atoms with Crippen LogP contribution < -0.4 is 9.47 Å². The molecule has 2 heterocycles. The first kappa shape index (κ1) is 29.0. The van der Waals surface area contributed by atoms with Crippen LogP contribution in [-0.4, -0.2) is 41.0 Å². The highest BCUT2D eigenvalue weighted by molar-refractivity contribution is 5.71. The summed E-state index contributed by atoms with van der Waals surface area (Å²) in [6.07, 6.45) is 1.34. The summed E-state index contributed by atoms with van der Waals surface area (Å²) in [6.45, 7) is 3.96. The molecule has 1 aliphatic rings. The van der Waals surface area contributed by atoms with E-state index in [-0.39, 0.29) is 31.2 Å². The van der Waals surface area contributed by atoms with Gasteiger partial charge in [-0.05, 0) is 57.0 Å². The fourth-order valence-electron chi connectivity index (χ4n) is 4.18. The summed E-state index contributed by atoms with van der Waals surface area (Å²) in [5, 5.41) is 0. The van der Waals surface area contributed by atoms with Gasteiger partial charge in [-0.15, -0.1) is 0 Å². The molecule has 1 unspecified atom stereocenters. The summed E-state index contributed by atoms with van der Waals surface area (Å²) in [4.78, 5) is 8.46. The summed E-state index contributed by atoms with van der Waals surface area (Å²) < 4.78 is 86.2. The Morgan fingerprint density at radius 2 is 1.93 bits per heavy atom. The number of hydrogen-bond donors (Lipinski definition) is 0. The zero-order valence-corrected chi connectivity index (χ0v) is 22.1. The molecule has 11 heteroatoms. The Balaban J connectivity index is 1.62. The lowest BCUT2D eigenvalue weighted by atomic mass is 10.0. The zero-order chi connectivity index (χ0) is 28.9. The number of rotatable bonds is 9. The lowest BCUT2D eigenvalue weighted by Gasteiger charge is -2.16. The van der Waals surface area contributed by atoms with Gasteiger partial charge in [-0.3, -0.25) is 0 Å². The van der Waals surface area contributed by atoms with E-state index in [1.165, 1.54) is 25.4 Å². The zero-order valence-electron chi connectivity index (χ0n) is 22.1. The number of methoxy groups -OCH3 is 1. The van der Waals surface area contributed by atoms with Gasteiger partial charge in [0, 0.05) is 41.8 Å². The van der Waals surface area contributed by atoms with E-state index >= 15 is 0 Å². The van der Waals surface area contributed by atoms with Gasteiger partial charge in [-0.1, -0.05) is 12.2 Å². The van der Waals surface area contributed by atoms with Gasteiger partial charge in [0.05, 0.1) is 18.4 Å². The third-order valence-corrected chi connectivity index (χ3v) is 6.24. The summed E-state index contributed by atoms with van der Waals surface area (Å²) in [6, 6.07) is 7.77. The van der Waals surface area contributed by atoms with Crippen LogP contribution in [0.3, 0.4) is 0 Å². The van der Waals surface area contributed by atoms with Crippen molar-refractivity contribution in [3.63, 3.8) is 0 Å². The molecule has 0 fully saturated rings. The maximum atomic E-state index is 14.6. The first-order chi connectivity index (χ1) is 19.1. The van der Waals surface area contributed by atoms with Crippen LogP contribution in [0.1, 0.15) is 32.9 Å². The van der Waals surface area contributed by atoms with Gasteiger partial charge < -0.3 is 18.8 Å². The maximum absolute atomic E-state index is 14.6. The average Bonchev–Trinajstić information content (AvgIpc) is 3.35. The molecule has 2 aromatic heterocycles. The predicted octanol–water partition coefficient (Wildman–Crippen LogP) is 7.76. The molecule has 0 bridgehead atoms. The van der Waals surface area contributed by atoms with E-state index in [0.717, 1.165) is 6.08 Å². The van der Waals surface area contributed by atoms with Crippen LogP contribution in [0.4, 0.5) is 22.0 Å². The Hall–Kier alpha value is -3.99.